The molecule has 0 fully saturated rings. The van der Waals surface area contributed by atoms with Gasteiger partial charge in [0.25, 0.3) is 0 Å². The molecule has 4 heteroatoms. The van der Waals surface area contributed by atoms with Gasteiger partial charge in [-0.3, -0.25) is 0 Å². The summed E-state index contributed by atoms with van der Waals surface area (Å²) in [4.78, 5) is 2.13. The Morgan fingerprint density at radius 3 is 2.41 bits per heavy atom. The Kier molecular flexibility index (Phi) is 6.94. The topological polar surface area (TPSA) is 29.0 Å². The summed E-state index contributed by atoms with van der Waals surface area (Å²) in [7, 11) is 2.05. The van der Waals surface area contributed by atoms with Gasteiger partial charge in [-0.25, -0.2) is 0 Å². The molecule has 1 heterocycles. The smallest absolute Gasteiger partial charge is 0.151 e. The van der Waals surface area contributed by atoms with Gasteiger partial charge in [-0.1, -0.05) is 50.6 Å². The second kappa shape index (κ2) is 8.29. The van der Waals surface area contributed by atoms with E-state index in [9.17, 15) is 0 Å². The van der Waals surface area contributed by atoms with E-state index in [4.69, 9.17) is 11.6 Å². The van der Waals surface area contributed by atoms with Crippen LogP contribution in [-0.4, -0.2) is 23.8 Å². The molecule has 0 aliphatic heterocycles. The van der Waals surface area contributed by atoms with Crippen LogP contribution in [0.25, 0.3) is 0 Å². The van der Waals surface area contributed by atoms with Gasteiger partial charge in [-0.2, -0.15) is 0 Å². The van der Waals surface area contributed by atoms with Crippen molar-refractivity contribution < 1.29 is 0 Å². The molecule has 0 saturated heterocycles. The highest BCUT2D eigenvalue weighted by Gasteiger charge is 2.02. The lowest BCUT2D eigenvalue weighted by atomic mass is 10.1. The van der Waals surface area contributed by atoms with E-state index in [1.165, 1.54) is 38.5 Å². The number of rotatable bonds is 8. The summed E-state index contributed by atoms with van der Waals surface area (Å²) in [6.45, 7) is 3.27. The highest BCUT2D eigenvalue weighted by molar-refractivity contribution is 6.29. The van der Waals surface area contributed by atoms with Crippen molar-refractivity contribution in [1.82, 2.24) is 10.2 Å². The first kappa shape index (κ1) is 14.2. The number of halogens is 1. The van der Waals surface area contributed by atoms with Crippen molar-refractivity contribution in [3.05, 3.63) is 17.3 Å². The van der Waals surface area contributed by atoms with Crippen molar-refractivity contribution in [3.8, 4) is 0 Å². The molecule has 0 N–H and O–H groups in total. The van der Waals surface area contributed by atoms with Crippen LogP contribution >= 0.6 is 11.6 Å². The first-order valence-electron chi connectivity index (χ1n) is 6.44. The molecule has 96 valence electrons. The molecular weight excluding hydrogens is 234 g/mol. The second-order valence-corrected chi connectivity index (χ2v) is 4.79. The Balaban J connectivity index is 2.16. The minimum Gasteiger partial charge on any atom is -0.358 e. The van der Waals surface area contributed by atoms with Crippen LogP contribution in [0, 0.1) is 0 Å². The van der Waals surface area contributed by atoms with Crippen LogP contribution in [0.3, 0.4) is 0 Å². The normalized spacial score (nSPS) is 10.5. The molecule has 0 unspecified atom stereocenters. The fourth-order valence-electron chi connectivity index (χ4n) is 1.76. The highest BCUT2D eigenvalue weighted by atomic mass is 35.5. The molecule has 0 spiro atoms. The Bertz CT molecular complexity index is 300. The largest absolute Gasteiger partial charge is 0.358 e. The van der Waals surface area contributed by atoms with Gasteiger partial charge in [0.2, 0.25) is 0 Å². The Morgan fingerprint density at radius 2 is 1.76 bits per heavy atom. The summed E-state index contributed by atoms with van der Waals surface area (Å²) < 4.78 is 0. The summed E-state index contributed by atoms with van der Waals surface area (Å²) in [6, 6.07) is 3.69. The maximum atomic E-state index is 5.70. The van der Waals surface area contributed by atoms with Crippen molar-refractivity contribution >= 4 is 17.4 Å². The van der Waals surface area contributed by atoms with Crippen molar-refractivity contribution in [2.45, 2.75) is 45.4 Å². The fourth-order valence-corrected chi connectivity index (χ4v) is 1.86. The van der Waals surface area contributed by atoms with E-state index in [0.29, 0.717) is 5.15 Å². The molecule has 1 aromatic heterocycles. The number of nitrogens with zero attached hydrogens (tertiary/aromatic N) is 3. The van der Waals surface area contributed by atoms with Gasteiger partial charge in [0, 0.05) is 13.6 Å². The standard InChI is InChI=1S/C13H22ClN3/c1-3-4-5-6-7-8-11-17(2)13-10-9-12(14)15-16-13/h9-10H,3-8,11H2,1-2H3. The van der Waals surface area contributed by atoms with Crippen LogP contribution in [0.5, 0.6) is 0 Å². The van der Waals surface area contributed by atoms with E-state index >= 15 is 0 Å². The summed E-state index contributed by atoms with van der Waals surface area (Å²) in [5.41, 5.74) is 0. The van der Waals surface area contributed by atoms with Crippen molar-refractivity contribution in [3.63, 3.8) is 0 Å². The van der Waals surface area contributed by atoms with E-state index in [1.807, 2.05) is 13.1 Å². The van der Waals surface area contributed by atoms with Gasteiger partial charge in [-0.05, 0) is 18.6 Å². The molecule has 0 bridgehead atoms. The van der Waals surface area contributed by atoms with E-state index in [1.54, 1.807) is 6.07 Å². The van der Waals surface area contributed by atoms with Crippen LogP contribution in [0.1, 0.15) is 45.4 Å². The van der Waals surface area contributed by atoms with Crippen molar-refractivity contribution in [2.75, 3.05) is 18.5 Å². The Morgan fingerprint density at radius 1 is 1.06 bits per heavy atom. The van der Waals surface area contributed by atoms with Gasteiger partial charge < -0.3 is 4.90 Å². The minimum absolute atomic E-state index is 0.446. The quantitative estimate of drug-likeness (QED) is 0.659. The van der Waals surface area contributed by atoms with Crippen LogP contribution < -0.4 is 4.90 Å². The second-order valence-electron chi connectivity index (χ2n) is 4.40. The molecular formula is C13H22ClN3. The van der Waals surface area contributed by atoms with E-state index in [2.05, 4.69) is 22.0 Å². The molecule has 0 saturated carbocycles. The van der Waals surface area contributed by atoms with Gasteiger partial charge in [0.1, 0.15) is 0 Å². The number of anilines is 1. The molecule has 0 aliphatic carbocycles. The third-order valence-electron chi connectivity index (χ3n) is 2.86. The van der Waals surface area contributed by atoms with Crippen LogP contribution in [0.4, 0.5) is 5.82 Å². The summed E-state index contributed by atoms with van der Waals surface area (Å²) >= 11 is 5.70. The lowest BCUT2D eigenvalue weighted by Crippen LogP contribution is -2.19. The van der Waals surface area contributed by atoms with Crippen LogP contribution in [-0.2, 0) is 0 Å². The van der Waals surface area contributed by atoms with E-state index in [0.717, 1.165) is 12.4 Å². The summed E-state index contributed by atoms with van der Waals surface area (Å²) in [5.74, 6) is 0.892. The van der Waals surface area contributed by atoms with Gasteiger partial charge in [-0.15, -0.1) is 10.2 Å². The molecule has 0 amide bonds. The first-order chi connectivity index (χ1) is 8.24. The predicted octanol–water partition coefficient (Wildman–Crippen LogP) is 3.93. The van der Waals surface area contributed by atoms with Gasteiger partial charge >= 0.3 is 0 Å². The molecule has 0 radical (unpaired) electrons. The average Bonchev–Trinajstić information content (AvgIpc) is 2.34. The highest BCUT2D eigenvalue weighted by Crippen LogP contribution is 2.12. The number of hydrogen-bond acceptors (Lipinski definition) is 3. The third-order valence-corrected chi connectivity index (χ3v) is 3.06. The number of unbranched alkanes of at least 4 members (excludes halogenated alkanes) is 5. The van der Waals surface area contributed by atoms with Crippen molar-refractivity contribution in [1.29, 1.82) is 0 Å². The average molecular weight is 256 g/mol. The molecule has 1 rings (SSSR count). The van der Waals surface area contributed by atoms with Crippen LogP contribution in [0.15, 0.2) is 12.1 Å². The lowest BCUT2D eigenvalue weighted by molar-refractivity contribution is 0.605. The zero-order valence-electron chi connectivity index (χ0n) is 10.8. The van der Waals surface area contributed by atoms with E-state index < -0.39 is 0 Å². The molecule has 0 atom stereocenters. The monoisotopic (exact) mass is 255 g/mol. The molecule has 17 heavy (non-hydrogen) atoms. The van der Waals surface area contributed by atoms with Gasteiger partial charge in [0.05, 0.1) is 0 Å². The maximum Gasteiger partial charge on any atom is 0.151 e. The predicted molar refractivity (Wildman–Crippen MR) is 73.7 cm³/mol. The summed E-state index contributed by atoms with van der Waals surface area (Å²) in [5, 5.41) is 8.34. The number of aromatic nitrogens is 2. The molecule has 3 nitrogen and oxygen atoms in total. The maximum absolute atomic E-state index is 5.70. The first-order valence-corrected chi connectivity index (χ1v) is 6.82. The minimum atomic E-state index is 0.446. The van der Waals surface area contributed by atoms with Gasteiger partial charge in [0.15, 0.2) is 11.0 Å². The fraction of sp³-hybridized carbons (Fsp3) is 0.692. The molecule has 1 aromatic rings. The summed E-state index contributed by atoms with van der Waals surface area (Å²) in [6.07, 6.45) is 7.88. The molecule has 0 aliphatic rings. The third kappa shape index (κ3) is 5.87. The SMILES string of the molecule is CCCCCCCCN(C)c1ccc(Cl)nn1. The van der Waals surface area contributed by atoms with E-state index in [-0.39, 0.29) is 0 Å². The van der Waals surface area contributed by atoms with Crippen LogP contribution in [0.2, 0.25) is 5.15 Å². The molecule has 0 aromatic carbocycles. The zero-order chi connectivity index (χ0) is 12.5. The zero-order valence-corrected chi connectivity index (χ0v) is 11.6. The van der Waals surface area contributed by atoms with Crippen molar-refractivity contribution in [2.24, 2.45) is 0 Å². The Hall–Kier alpha value is -0.830. The Labute approximate surface area is 109 Å². The lowest BCUT2D eigenvalue weighted by Gasteiger charge is -2.17. The number of hydrogen-bond donors (Lipinski definition) is 0.